The Bertz CT molecular complexity index is 1220. The molecule has 2 fully saturated rings. The summed E-state index contributed by atoms with van der Waals surface area (Å²) in [5.41, 5.74) is -0.0572. The van der Waals surface area contributed by atoms with E-state index in [1.807, 2.05) is 11.8 Å². The average molecular weight is 471 g/mol. The van der Waals surface area contributed by atoms with E-state index in [1.165, 1.54) is 18.7 Å². The highest BCUT2D eigenvalue weighted by Gasteiger charge is 2.36. The molecular weight excluding hydrogens is 443 g/mol. The number of carboxylic acid groups (broad SMARTS) is 1. The van der Waals surface area contributed by atoms with Crippen molar-refractivity contribution in [2.24, 2.45) is 11.8 Å². The van der Waals surface area contributed by atoms with E-state index < -0.39 is 17.2 Å². The molecule has 3 atom stereocenters. The topological polar surface area (TPSA) is 77.8 Å². The number of pyridine rings is 1. The van der Waals surface area contributed by atoms with Gasteiger partial charge in [0, 0.05) is 50.3 Å². The molecule has 0 spiro atoms. The van der Waals surface area contributed by atoms with Gasteiger partial charge in [0.25, 0.3) is 0 Å². The third-order valence-electron chi connectivity index (χ3n) is 7.22. The van der Waals surface area contributed by atoms with Crippen molar-refractivity contribution in [3.8, 4) is 0 Å². The molecule has 1 aromatic carbocycles. The summed E-state index contributed by atoms with van der Waals surface area (Å²) in [7, 11) is 0. The molecule has 1 saturated carbocycles. The minimum atomic E-state index is -1.31. The van der Waals surface area contributed by atoms with Crippen molar-refractivity contribution < 1.29 is 14.3 Å². The van der Waals surface area contributed by atoms with Gasteiger partial charge in [0.15, 0.2) is 5.11 Å². The molecule has 1 saturated heterocycles. The monoisotopic (exact) mass is 470 g/mol. The summed E-state index contributed by atoms with van der Waals surface area (Å²) in [6.07, 6.45) is 8.29. The molecule has 0 unspecified atom stereocenters. The number of hydrogen-bond acceptors (Lipinski definition) is 4. The van der Waals surface area contributed by atoms with Gasteiger partial charge >= 0.3 is 5.97 Å². The van der Waals surface area contributed by atoms with Gasteiger partial charge in [0.2, 0.25) is 5.43 Å². The van der Waals surface area contributed by atoms with E-state index in [1.54, 1.807) is 10.6 Å². The molecular formula is C24H27FN4O3S. The van der Waals surface area contributed by atoms with E-state index in [0.29, 0.717) is 61.8 Å². The maximum Gasteiger partial charge on any atom is 0.341 e. The fraction of sp³-hybridized carbons (Fsp3) is 0.458. The van der Waals surface area contributed by atoms with Gasteiger partial charge in [-0.1, -0.05) is 12.2 Å². The number of thiocarbonyl (C=S) groups is 1. The molecule has 5 rings (SSSR count). The number of aromatic nitrogens is 1. The first-order valence-electron chi connectivity index (χ1n) is 11.4. The number of benzene rings is 1. The lowest BCUT2D eigenvalue weighted by atomic mass is 10.0. The van der Waals surface area contributed by atoms with Crippen LogP contribution in [0.5, 0.6) is 0 Å². The predicted molar refractivity (Wildman–Crippen MR) is 129 cm³/mol. The number of hydrogen-bond donors (Lipinski definition) is 2. The first-order valence-corrected chi connectivity index (χ1v) is 11.8. The zero-order valence-electron chi connectivity index (χ0n) is 18.5. The Hall–Kier alpha value is -2.94. The molecule has 3 aliphatic rings. The van der Waals surface area contributed by atoms with E-state index in [9.17, 15) is 14.7 Å². The normalized spacial score (nSPS) is 24.0. The van der Waals surface area contributed by atoms with E-state index >= 15 is 4.39 Å². The number of anilines is 1. The molecule has 2 aromatic rings. The molecule has 33 heavy (non-hydrogen) atoms. The summed E-state index contributed by atoms with van der Waals surface area (Å²) in [5, 5.41) is 13.7. The Labute approximate surface area is 196 Å². The van der Waals surface area contributed by atoms with E-state index in [0.717, 1.165) is 11.5 Å². The third kappa shape index (κ3) is 3.88. The number of nitrogens with one attached hydrogen (secondary N) is 1. The Morgan fingerprint density at radius 1 is 1.21 bits per heavy atom. The lowest BCUT2D eigenvalue weighted by Crippen LogP contribution is -2.54. The minimum absolute atomic E-state index is 0.0851. The van der Waals surface area contributed by atoms with Gasteiger partial charge in [-0.2, -0.15) is 0 Å². The zero-order valence-corrected chi connectivity index (χ0v) is 19.3. The predicted octanol–water partition coefficient (Wildman–Crippen LogP) is 2.82. The van der Waals surface area contributed by atoms with Crippen LogP contribution in [0.3, 0.4) is 0 Å². The van der Waals surface area contributed by atoms with Crippen LogP contribution >= 0.6 is 12.2 Å². The van der Waals surface area contributed by atoms with Crippen LogP contribution in [0.15, 0.2) is 35.3 Å². The Kier molecular flexibility index (Phi) is 5.60. The highest BCUT2D eigenvalue weighted by molar-refractivity contribution is 7.80. The lowest BCUT2D eigenvalue weighted by molar-refractivity contribution is 0.0695. The van der Waals surface area contributed by atoms with Gasteiger partial charge in [-0.15, -0.1) is 0 Å². The van der Waals surface area contributed by atoms with E-state index in [4.69, 9.17) is 12.2 Å². The first-order chi connectivity index (χ1) is 15.9. The Balaban J connectivity index is 1.33. The second-order valence-corrected chi connectivity index (χ2v) is 9.48. The third-order valence-corrected chi connectivity index (χ3v) is 7.59. The van der Waals surface area contributed by atoms with Crippen molar-refractivity contribution in [3.63, 3.8) is 0 Å². The SMILES string of the molecule is CCn1cc(C(=O)O)c(=O)c2cc(F)c(N3CCN(C(=S)N[C@H]4C[C@@H]5C=C[C@H]4C5)CC3)cc21. The van der Waals surface area contributed by atoms with Crippen molar-refractivity contribution in [1.82, 2.24) is 14.8 Å². The molecule has 9 heteroatoms. The van der Waals surface area contributed by atoms with Crippen LogP contribution in [0, 0.1) is 17.7 Å². The van der Waals surface area contributed by atoms with Gasteiger partial charge in [-0.3, -0.25) is 4.79 Å². The Morgan fingerprint density at radius 3 is 2.58 bits per heavy atom. The summed E-state index contributed by atoms with van der Waals surface area (Å²) in [4.78, 5) is 28.1. The fourth-order valence-electron chi connectivity index (χ4n) is 5.40. The first kappa shape index (κ1) is 21.9. The number of halogens is 1. The minimum Gasteiger partial charge on any atom is -0.477 e. The molecule has 0 amide bonds. The van der Waals surface area contributed by atoms with E-state index in [-0.39, 0.29) is 10.9 Å². The van der Waals surface area contributed by atoms with Crippen molar-refractivity contribution in [3.05, 3.63) is 52.1 Å². The highest BCUT2D eigenvalue weighted by Crippen LogP contribution is 2.39. The number of allylic oxidation sites excluding steroid dienone is 1. The summed E-state index contributed by atoms with van der Waals surface area (Å²) in [5.74, 6) is -0.586. The van der Waals surface area contributed by atoms with Crippen molar-refractivity contribution in [1.29, 1.82) is 0 Å². The number of fused-ring (bicyclic) bond motifs is 3. The van der Waals surface area contributed by atoms with Crippen LogP contribution in [0.4, 0.5) is 10.1 Å². The molecule has 1 aromatic heterocycles. The quantitative estimate of drug-likeness (QED) is 0.526. The second kappa shape index (κ2) is 8.44. The van der Waals surface area contributed by atoms with Crippen LogP contribution in [0.1, 0.15) is 30.1 Å². The largest absolute Gasteiger partial charge is 0.477 e. The van der Waals surface area contributed by atoms with Crippen LogP contribution in [-0.2, 0) is 6.54 Å². The molecule has 1 aliphatic heterocycles. The number of aromatic carboxylic acids is 1. The van der Waals surface area contributed by atoms with Gasteiger partial charge in [-0.05, 0) is 56.0 Å². The second-order valence-electron chi connectivity index (χ2n) is 9.09. The maximum atomic E-state index is 15.1. The Morgan fingerprint density at radius 2 is 1.97 bits per heavy atom. The van der Waals surface area contributed by atoms with Crippen molar-refractivity contribution >= 4 is 39.9 Å². The van der Waals surface area contributed by atoms with Crippen LogP contribution in [0.25, 0.3) is 10.9 Å². The molecule has 2 aliphatic carbocycles. The molecule has 174 valence electrons. The van der Waals surface area contributed by atoms with E-state index in [2.05, 4.69) is 22.4 Å². The molecule has 2 heterocycles. The van der Waals surface area contributed by atoms with Gasteiger partial charge in [0.05, 0.1) is 11.2 Å². The number of carboxylic acids is 1. The summed E-state index contributed by atoms with van der Waals surface area (Å²) < 4.78 is 16.8. The standard InChI is InChI=1S/C24H27FN4O3S/c1-2-27-13-17(23(31)32)22(30)16-11-18(25)21(12-20(16)27)28-5-7-29(8-6-28)24(33)26-19-10-14-3-4-15(19)9-14/h3-4,11-15,19H,2,5-10H2,1H3,(H,26,33)(H,31,32)/t14-,15+,19+/m1/s1. The van der Waals surface area contributed by atoms with Gasteiger partial charge in [-0.25, -0.2) is 9.18 Å². The van der Waals surface area contributed by atoms with Crippen molar-refractivity contribution in [2.75, 3.05) is 31.1 Å². The van der Waals surface area contributed by atoms with Crippen molar-refractivity contribution in [2.45, 2.75) is 32.4 Å². The van der Waals surface area contributed by atoms with Crippen LogP contribution in [0.2, 0.25) is 0 Å². The maximum absolute atomic E-state index is 15.1. The molecule has 2 bridgehead atoms. The number of carbonyl (C=O) groups is 1. The fourth-order valence-corrected chi connectivity index (χ4v) is 5.74. The highest BCUT2D eigenvalue weighted by atomic mass is 32.1. The summed E-state index contributed by atoms with van der Waals surface area (Å²) >= 11 is 5.66. The molecule has 0 radical (unpaired) electrons. The zero-order chi connectivity index (χ0) is 23.3. The average Bonchev–Trinajstić information content (AvgIpc) is 3.42. The van der Waals surface area contributed by atoms with Crippen LogP contribution in [-0.4, -0.2) is 57.9 Å². The summed E-state index contributed by atoms with van der Waals surface area (Å²) in [6.45, 7) is 4.89. The number of rotatable bonds is 4. The smallest absolute Gasteiger partial charge is 0.341 e. The van der Waals surface area contributed by atoms with Gasteiger partial charge in [0.1, 0.15) is 11.4 Å². The number of nitrogens with zero attached hydrogens (tertiary/aromatic N) is 3. The molecule has 7 nitrogen and oxygen atoms in total. The van der Waals surface area contributed by atoms with Crippen LogP contribution < -0.4 is 15.6 Å². The number of piperazine rings is 1. The number of aryl methyl sites for hydroxylation is 1. The molecule has 2 N–H and O–H groups in total. The van der Waals surface area contributed by atoms with Gasteiger partial charge < -0.3 is 24.8 Å². The summed E-state index contributed by atoms with van der Waals surface area (Å²) in [6, 6.07) is 3.24. The lowest BCUT2D eigenvalue weighted by Gasteiger charge is -2.38.